The molecule has 1 amide bonds. The highest BCUT2D eigenvalue weighted by atomic mass is 19.1. The summed E-state index contributed by atoms with van der Waals surface area (Å²) in [4.78, 5) is 24.8. The Kier molecular flexibility index (Phi) is 5.00. The summed E-state index contributed by atoms with van der Waals surface area (Å²) in [6.45, 7) is 2.50. The summed E-state index contributed by atoms with van der Waals surface area (Å²) >= 11 is 0. The lowest BCUT2D eigenvalue weighted by atomic mass is 9.99. The van der Waals surface area contributed by atoms with E-state index in [0.717, 1.165) is 0 Å². The Labute approximate surface area is 128 Å². The van der Waals surface area contributed by atoms with Crippen molar-refractivity contribution in [1.82, 2.24) is 4.90 Å². The first kappa shape index (κ1) is 16.3. The van der Waals surface area contributed by atoms with Crippen molar-refractivity contribution in [3.05, 3.63) is 29.6 Å². The number of carbonyl (C=O) groups is 2. The Morgan fingerprint density at radius 3 is 2.73 bits per heavy atom. The molecule has 6 heteroatoms. The first-order chi connectivity index (χ1) is 10.4. The number of hydrogen-bond acceptors (Lipinski definition) is 3. The van der Waals surface area contributed by atoms with Crippen molar-refractivity contribution < 1.29 is 23.8 Å². The van der Waals surface area contributed by atoms with Gasteiger partial charge in [0, 0.05) is 19.5 Å². The van der Waals surface area contributed by atoms with Gasteiger partial charge in [-0.2, -0.15) is 0 Å². The van der Waals surface area contributed by atoms with Crippen LogP contribution in [0.15, 0.2) is 18.2 Å². The first-order valence-corrected chi connectivity index (χ1v) is 7.26. The van der Waals surface area contributed by atoms with Gasteiger partial charge in [-0.3, -0.25) is 9.59 Å². The third-order valence-electron chi connectivity index (χ3n) is 4.15. The largest absolute Gasteiger partial charge is 0.494 e. The summed E-state index contributed by atoms with van der Waals surface area (Å²) in [5.74, 6) is -1.88. The second-order valence-corrected chi connectivity index (χ2v) is 5.65. The number of halogens is 1. The quantitative estimate of drug-likeness (QED) is 0.903. The average Bonchev–Trinajstić information content (AvgIpc) is 2.88. The monoisotopic (exact) mass is 309 g/mol. The molecule has 0 aromatic heterocycles. The fraction of sp³-hybridized carbons (Fsp3) is 0.500. The molecule has 5 nitrogen and oxygen atoms in total. The predicted molar refractivity (Wildman–Crippen MR) is 78.1 cm³/mol. The summed E-state index contributed by atoms with van der Waals surface area (Å²) in [7, 11) is 1.39. The Morgan fingerprint density at radius 2 is 2.14 bits per heavy atom. The highest BCUT2D eigenvalue weighted by Crippen LogP contribution is 2.25. The SMILES string of the molecule is COc1cccc(CCC(=O)N2C[C@@H](C)[C@H](C(=O)O)C2)c1F. The van der Waals surface area contributed by atoms with Crippen LogP contribution in [0.25, 0.3) is 0 Å². The smallest absolute Gasteiger partial charge is 0.308 e. The van der Waals surface area contributed by atoms with Gasteiger partial charge in [0.15, 0.2) is 11.6 Å². The molecule has 1 fully saturated rings. The van der Waals surface area contributed by atoms with Crippen LogP contribution in [-0.4, -0.2) is 42.1 Å². The van der Waals surface area contributed by atoms with Crippen molar-refractivity contribution in [2.45, 2.75) is 19.8 Å². The lowest BCUT2D eigenvalue weighted by Gasteiger charge is -2.16. The molecule has 1 aliphatic rings. The third-order valence-corrected chi connectivity index (χ3v) is 4.15. The number of aliphatic carboxylic acids is 1. The van der Waals surface area contributed by atoms with E-state index < -0.39 is 17.7 Å². The standard InChI is InChI=1S/C16H20FNO4/c1-10-8-18(9-12(10)16(20)21)14(19)7-6-11-4-3-5-13(22-2)15(11)17/h3-5,10,12H,6-9H2,1-2H3,(H,20,21)/t10-,12-/m1/s1. The van der Waals surface area contributed by atoms with Crippen LogP contribution in [0.2, 0.25) is 0 Å². The van der Waals surface area contributed by atoms with Gasteiger partial charge in [-0.25, -0.2) is 4.39 Å². The van der Waals surface area contributed by atoms with Crippen LogP contribution < -0.4 is 4.74 Å². The second-order valence-electron chi connectivity index (χ2n) is 5.65. The van der Waals surface area contributed by atoms with Crippen molar-refractivity contribution in [3.8, 4) is 5.75 Å². The van der Waals surface area contributed by atoms with Crippen molar-refractivity contribution >= 4 is 11.9 Å². The number of carboxylic acid groups (broad SMARTS) is 1. The molecule has 0 bridgehead atoms. The highest BCUT2D eigenvalue weighted by molar-refractivity contribution is 5.79. The van der Waals surface area contributed by atoms with E-state index in [0.29, 0.717) is 12.1 Å². The average molecular weight is 309 g/mol. The van der Waals surface area contributed by atoms with Crippen molar-refractivity contribution in [2.75, 3.05) is 20.2 Å². The number of carbonyl (C=O) groups excluding carboxylic acids is 1. The van der Waals surface area contributed by atoms with Crippen LogP contribution in [0.1, 0.15) is 18.9 Å². The van der Waals surface area contributed by atoms with Gasteiger partial charge < -0.3 is 14.7 Å². The summed E-state index contributed by atoms with van der Waals surface area (Å²) in [5, 5.41) is 9.08. The topological polar surface area (TPSA) is 66.8 Å². The fourth-order valence-electron chi connectivity index (χ4n) is 2.80. The van der Waals surface area contributed by atoms with Crippen molar-refractivity contribution in [2.24, 2.45) is 11.8 Å². The summed E-state index contributed by atoms with van der Waals surface area (Å²) < 4.78 is 18.9. The Morgan fingerprint density at radius 1 is 1.41 bits per heavy atom. The molecule has 2 atom stereocenters. The molecular weight excluding hydrogens is 289 g/mol. The molecule has 120 valence electrons. The lowest BCUT2D eigenvalue weighted by molar-refractivity contribution is -0.142. The third kappa shape index (κ3) is 3.37. The normalized spacial score (nSPS) is 21.0. The van der Waals surface area contributed by atoms with E-state index in [4.69, 9.17) is 9.84 Å². The summed E-state index contributed by atoms with van der Waals surface area (Å²) in [6, 6.07) is 4.83. The van der Waals surface area contributed by atoms with E-state index in [9.17, 15) is 14.0 Å². The van der Waals surface area contributed by atoms with Crippen molar-refractivity contribution in [3.63, 3.8) is 0 Å². The van der Waals surface area contributed by atoms with Gasteiger partial charge in [0.2, 0.25) is 5.91 Å². The van der Waals surface area contributed by atoms with Gasteiger partial charge in [-0.15, -0.1) is 0 Å². The Hall–Kier alpha value is -2.11. The van der Waals surface area contributed by atoms with Gasteiger partial charge in [-0.05, 0) is 24.0 Å². The van der Waals surface area contributed by atoms with Crippen LogP contribution in [0.4, 0.5) is 4.39 Å². The maximum absolute atomic E-state index is 14.0. The molecule has 0 unspecified atom stereocenters. The van der Waals surface area contributed by atoms with Gasteiger partial charge in [0.1, 0.15) is 0 Å². The number of aryl methyl sites for hydroxylation is 1. The molecular formula is C16H20FNO4. The van der Waals surface area contributed by atoms with E-state index in [1.807, 2.05) is 6.92 Å². The molecule has 1 heterocycles. The van der Waals surface area contributed by atoms with Crippen LogP contribution in [0, 0.1) is 17.7 Å². The molecule has 1 aliphatic heterocycles. The molecule has 1 N–H and O–H groups in total. The van der Waals surface area contributed by atoms with E-state index in [-0.39, 0.29) is 37.0 Å². The minimum Gasteiger partial charge on any atom is -0.494 e. The molecule has 0 aliphatic carbocycles. The lowest BCUT2D eigenvalue weighted by Crippen LogP contribution is -2.30. The molecule has 22 heavy (non-hydrogen) atoms. The number of hydrogen-bond donors (Lipinski definition) is 1. The number of nitrogens with zero attached hydrogens (tertiary/aromatic N) is 1. The number of rotatable bonds is 5. The maximum Gasteiger partial charge on any atom is 0.308 e. The van der Waals surface area contributed by atoms with Crippen LogP contribution in [-0.2, 0) is 16.0 Å². The number of benzene rings is 1. The number of likely N-dealkylation sites (tertiary alicyclic amines) is 1. The fourth-order valence-corrected chi connectivity index (χ4v) is 2.80. The predicted octanol–water partition coefficient (Wildman–Crippen LogP) is 1.95. The number of ether oxygens (including phenoxy) is 1. The van der Waals surface area contributed by atoms with E-state index in [1.54, 1.807) is 17.0 Å². The molecule has 0 saturated carbocycles. The molecule has 1 saturated heterocycles. The highest BCUT2D eigenvalue weighted by Gasteiger charge is 2.36. The van der Waals surface area contributed by atoms with Gasteiger partial charge in [-0.1, -0.05) is 19.1 Å². The zero-order valence-electron chi connectivity index (χ0n) is 12.7. The molecule has 2 rings (SSSR count). The van der Waals surface area contributed by atoms with E-state index in [1.165, 1.54) is 13.2 Å². The molecule has 1 aromatic carbocycles. The van der Waals surface area contributed by atoms with E-state index >= 15 is 0 Å². The Bertz CT molecular complexity index is 575. The summed E-state index contributed by atoms with van der Waals surface area (Å²) in [6.07, 6.45) is 0.424. The van der Waals surface area contributed by atoms with Gasteiger partial charge in [0.05, 0.1) is 13.0 Å². The molecule has 0 spiro atoms. The first-order valence-electron chi connectivity index (χ1n) is 7.26. The Balaban J connectivity index is 1.95. The van der Waals surface area contributed by atoms with Crippen LogP contribution in [0.3, 0.4) is 0 Å². The van der Waals surface area contributed by atoms with Gasteiger partial charge in [0.25, 0.3) is 0 Å². The van der Waals surface area contributed by atoms with E-state index in [2.05, 4.69) is 0 Å². The number of methoxy groups -OCH3 is 1. The number of carboxylic acids is 1. The van der Waals surface area contributed by atoms with Gasteiger partial charge >= 0.3 is 5.97 Å². The zero-order valence-corrected chi connectivity index (χ0v) is 12.7. The van der Waals surface area contributed by atoms with Crippen LogP contribution >= 0.6 is 0 Å². The number of amides is 1. The zero-order chi connectivity index (χ0) is 16.3. The van der Waals surface area contributed by atoms with Crippen molar-refractivity contribution in [1.29, 1.82) is 0 Å². The second kappa shape index (κ2) is 6.77. The minimum absolute atomic E-state index is 0.0602. The minimum atomic E-state index is -0.873. The maximum atomic E-state index is 14.0. The summed E-state index contributed by atoms with van der Waals surface area (Å²) in [5.41, 5.74) is 0.426. The molecule has 0 radical (unpaired) electrons. The molecule has 1 aromatic rings. The van der Waals surface area contributed by atoms with Crippen LogP contribution in [0.5, 0.6) is 5.75 Å².